The van der Waals surface area contributed by atoms with Crippen molar-refractivity contribution in [2.45, 2.75) is 24.7 Å². The van der Waals surface area contributed by atoms with Gasteiger partial charge in [-0.05, 0) is 25.0 Å². The summed E-state index contributed by atoms with van der Waals surface area (Å²) in [5.74, 6) is -2.49. The normalized spacial score (nSPS) is 25.6. The van der Waals surface area contributed by atoms with Gasteiger partial charge in [0.25, 0.3) is 11.8 Å². The van der Waals surface area contributed by atoms with Crippen molar-refractivity contribution in [3.8, 4) is 0 Å². The molecular formula is C14H11BN2O4. The smallest absolute Gasteiger partial charge is 0.261 e. The Balaban J connectivity index is 2.05. The van der Waals surface area contributed by atoms with Crippen molar-refractivity contribution in [1.82, 2.24) is 10.2 Å². The monoisotopic (exact) mass is 282 g/mol. The summed E-state index contributed by atoms with van der Waals surface area (Å²) in [6.45, 7) is 0. The molecule has 2 heterocycles. The number of amides is 4. The molecule has 2 aliphatic heterocycles. The van der Waals surface area contributed by atoms with Crippen LogP contribution in [0.2, 0.25) is 0 Å². The van der Waals surface area contributed by atoms with Gasteiger partial charge in [-0.25, -0.2) is 0 Å². The van der Waals surface area contributed by atoms with Crippen LogP contribution in [0.4, 0.5) is 0 Å². The third-order valence-corrected chi connectivity index (χ3v) is 3.80. The maximum absolute atomic E-state index is 12.4. The molecule has 0 aliphatic carbocycles. The molecule has 2 radical (unpaired) electrons. The Morgan fingerprint density at radius 2 is 1.62 bits per heavy atom. The minimum Gasteiger partial charge on any atom is -0.295 e. The molecule has 2 aliphatic rings. The van der Waals surface area contributed by atoms with Gasteiger partial charge in [0.2, 0.25) is 11.8 Å². The van der Waals surface area contributed by atoms with E-state index in [1.54, 1.807) is 12.1 Å². The third kappa shape index (κ3) is 1.88. The fourth-order valence-corrected chi connectivity index (χ4v) is 2.69. The highest BCUT2D eigenvalue weighted by Gasteiger charge is 2.50. The fourth-order valence-electron chi connectivity index (χ4n) is 2.69. The van der Waals surface area contributed by atoms with Crippen LogP contribution in [-0.2, 0) is 9.59 Å². The van der Waals surface area contributed by atoms with E-state index < -0.39 is 29.1 Å². The number of fused-ring (bicyclic) bond motifs is 1. The van der Waals surface area contributed by atoms with Crippen LogP contribution in [-0.4, -0.2) is 41.8 Å². The molecule has 6 nitrogen and oxygen atoms in total. The van der Waals surface area contributed by atoms with Gasteiger partial charge >= 0.3 is 0 Å². The Bertz CT molecular complexity index is 652. The number of rotatable bonds is 1. The quantitative estimate of drug-likeness (QED) is 0.579. The molecule has 21 heavy (non-hydrogen) atoms. The van der Waals surface area contributed by atoms with Crippen LogP contribution in [0.15, 0.2) is 24.3 Å². The second kappa shape index (κ2) is 4.54. The zero-order valence-electron chi connectivity index (χ0n) is 11.1. The minimum atomic E-state index is -1.83. The molecule has 0 spiro atoms. The second-order valence-electron chi connectivity index (χ2n) is 5.15. The molecule has 7 heteroatoms. The highest BCUT2D eigenvalue weighted by molar-refractivity contribution is 6.36. The van der Waals surface area contributed by atoms with Crippen LogP contribution in [0.5, 0.6) is 0 Å². The van der Waals surface area contributed by atoms with Crippen LogP contribution in [0.3, 0.4) is 0 Å². The summed E-state index contributed by atoms with van der Waals surface area (Å²) < 4.78 is 0. The van der Waals surface area contributed by atoms with Gasteiger partial charge in [0.15, 0.2) is 0 Å². The fraction of sp³-hybridized carbons (Fsp3) is 0.286. The maximum atomic E-state index is 12.4. The SMILES string of the molecule is [B]C1(N2C(=O)c3ccccc3C2=O)CCCC(=O)NC1=O. The lowest BCUT2D eigenvalue weighted by Crippen LogP contribution is -2.61. The standard InChI is InChI=1S/C14H11BN2O4/c15-14(7-3-6-10(18)16-13(14)21)17-11(19)8-4-1-2-5-9(8)12(17)20/h1-2,4-5H,3,6-7H2,(H,16,18,21). The molecule has 1 N–H and O–H groups in total. The number of hydrogen-bond donors (Lipinski definition) is 1. The molecule has 1 aromatic carbocycles. The number of carbonyl (C=O) groups is 4. The molecule has 0 bridgehead atoms. The summed E-state index contributed by atoms with van der Waals surface area (Å²) in [5, 5.41) is 2.13. The summed E-state index contributed by atoms with van der Waals surface area (Å²) in [6, 6.07) is 6.29. The van der Waals surface area contributed by atoms with E-state index in [0.29, 0.717) is 6.42 Å². The van der Waals surface area contributed by atoms with E-state index in [1.807, 2.05) is 0 Å². The molecule has 3 rings (SSSR count). The van der Waals surface area contributed by atoms with Gasteiger partial charge in [-0.2, -0.15) is 0 Å². The van der Waals surface area contributed by atoms with Crippen molar-refractivity contribution in [2.24, 2.45) is 0 Å². The first kappa shape index (κ1) is 13.5. The highest BCUT2D eigenvalue weighted by Crippen LogP contribution is 2.32. The molecule has 1 unspecified atom stereocenters. The minimum absolute atomic E-state index is 0.0516. The lowest BCUT2D eigenvalue weighted by molar-refractivity contribution is -0.132. The van der Waals surface area contributed by atoms with E-state index in [0.717, 1.165) is 4.90 Å². The first-order chi connectivity index (χ1) is 9.95. The third-order valence-electron chi connectivity index (χ3n) is 3.80. The van der Waals surface area contributed by atoms with Crippen molar-refractivity contribution in [3.05, 3.63) is 35.4 Å². The second-order valence-corrected chi connectivity index (χ2v) is 5.15. The Hall–Kier alpha value is -2.44. The predicted octanol–water partition coefficient (Wildman–Crippen LogP) is -0.0259. The summed E-state index contributed by atoms with van der Waals surface area (Å²) >= 11 is 0. The molecule has 4 amide bonds. The molecule has 0 saturated carbocycles. The predicted molar refractivity (Wildman–Crippen MR) is 72.4 cm³/mol. The number of hydrogen-bond acceptors (Lipinski definition) is 4. The average molecular weight is 282 g/mol. The Kier molecular flexibility index (Phi) is 2.93. The van der Waals surface area contributed by atoms with Gasteiger partial charge in [-0.1, -0.05) is 12.1 Å². The van der Waals surface area contributed by atoms with Gasteiger partial charge < -0.3 is 0 Å². The van der Waals surface area contributed by atoms with E-state index in [9.17, 15) is 19.2 Å². The van der Waals surface area contributed by atoms with Crippen molar-refractivity contribution < 1.29 is 19.2 Å². The van der Waals surface area contributed by atoms with E-state index in [2.05, 4.69) is 5.32 Å². The van der Waals surface area contributed by atoms with Gasteiger partial charge in [0, 0.05) is 6.42 Å². The molecule has 1 saturated heterocycles. The number of nitrogens with zero attached hydrogens (tertiary/aromatic N) is 1. The van der Waals surface area contributed by atoms with Gasteiger partial charge in [-0.15, -0.1) is 0 Å². The van der Waals surface area contributed by atoms with Crippen molar-refractivity contribution >= 4 is 31.5 Å². The topological polar surface area (TPSA) is 83.6 Å². The number of benzene rings is 1. The Morgan fingerprint density at radius 1 is 1.05 bits per heavy atom. The van der Waals surface area contributed by atoms with Crippen LogP contribution in [0, 0.1) is 0 Å². The van der Waals surface area contributed by atoms with Crippen molar-refractivity contribution in [2.75, 3.05) is 0 Å². The van der Waals surface area contributed by atoms with E-state index >= 15 is 0 Å². The first-order valence-electron chi connectivity index (χ1n) is 6.56. The summed E-state index contributed by atoms with van der Waals surface area (Å²) in [7, 11) is 6.05. The summed E-state index contributed by atoms with van der Waals surface area (Å²) in [4.78, 5) is 49.2. The van der Waals surface area contributed by atoms with E-state index in [-0.39, 0.29) is 24.0 Å². The summed E-state index contributed by atoms with van der Waals surface area (Å²) in [5.41, 5.74) is -1.40. The zero-order chi connectivity index (χ0) is 15.2. The maximum Gasteiger partial charge on any atom is 0.261 e. The van der Waals surface area contributed by atoms with Crippen molar-refractivity contribution in [1.29, 1.82) is 0 Å². The largest absolute Gasteiger partial charge is 0.295 e. The van der Waals surface area contributed by atoms with Crippen LogP contribution >= 0.6 is 0 Å². The van der Waals surface area contributed by atoms with E-state index in [4.69, 9.17) is 7.85 Å². The van der Waals surface area contributed by atoms with Gasteiger partial charge in [0.1, 0.15) is 7.85 Å². The van der Waals surface area contributed by atoms with Crippen LogP contribution < -0.4 is 5.32 Å². The Morgan fingerprint density at radius 3 is 2.19 bits per heavy atom. The number of imide groups is 2. The van der Waals surface area contributed by atoms with Crippen molar-refractivity contribution in [3.63, 3.8) is 0 Å². The molecule has 104 valence electrons. The molecule has 0 aromatic heterocycles. The molecule has 1 aromatic rings. The zero-order valence-corrected chi connectivity index (χ0v) is 11.1. The highest BCUT2D eigenvalue weighted by atomic mass is 16.2. The number of carbonyl (C=O) groups excluding carboxylic acids is 4. The van der Waals surface area contributed by atoms with Gasteiger partial charge in [0.05, 0.1) is 16.6 Å². The van der Waals surface area contributed by atoms with Gasteiger partial charge in [-0.3, -0.25) is 29.4 Å². The number of nitrogens with one attached hydrogen (secondary N) is 1. The molecular weight excluding hydrogens is 271 g/mol. The lowest BCUT2D eigenvalue weighted by atomic mass is 9.72. The lowest BCUT2D eigenvalue weighted by Gasteiger charge is -2.35. The average Bonchev–Trinajstić information content (AvgIpc) is 2.63. The summed E-state index contributed by atoms with van der Waals surface area (Å²) in [6.07, 6.45) is 0.505. The Labute approximate surface area is 121 Å². The van der Waals surface area contributed by atoms with Crippen LogP contribution in [0.1, 0.15) is 40.0 Å². The van der Waals surface area contributed by atoms with E-state index in [1.165, 1.54) is 12.1 Å². The molecule has 1 fully saturated rings. The molecule has 1 atom stereocenters. The van der Waals surface area contributed by atoms with Crippen LogP contribution in [0.25, 0.3) is 0 Å². The first-order valence-corrected chi connectivity index (χ1v) is 6.56.